The summed E-state index contributed by atoms with van der Waals surface area (Å²) in [5.74, 6) is 0.417. The molecule has 0 heterocycles. The average molecular weight is 358 g/mol. The molecule has 0 aromatic rings. The van der Waals surface area contributed by atoms with Crippen molar-refractivity contribution in [2.24, 2.45) is 28.6 Å². The van der Waals surface area contributed by atoms with E-state index in [2.05, 4.69) is 6.92 Å². The summed E-state index contributed by atoms with van der Waals surface area (Å²) in [6, 6.07) is 0. The smallest absolute Gasteiger partial charge is 0.230 e. The lowest BCUT2D eigenvalue weighted by Gasteiger charge is -2.58. The van der Waals surface area contributed by atoms with E-state index in [1.807, 2.05) is 13.0 Å². The Bertz CT molecular complexity index is 722. The number of aliphatic hydroxyl groups is 1. The number of rotatable bonds is 2. The van der Waals surface area contributed by atoms with Crippen LogP contribution in [0, 0.1) is 28.6 Å². The van der Waals surface area contributed by atoms with E-state index < -0.39 is 22.6 Å². The third-order valence-electron chi connectivity index (χ3n) is 8.81. The van der Waals surface area contributed by atoms with Gasteiger partial charge in [-0.15, -0.1) is 0 Å². The molecule has 4 aliphatic carbocycles. The number of fused-ring (bicyclic) bond motifs is 5. The maximum atomic E-state index is 12.6. The van der Waals surface area contributed by atoms with Crippen molar-refractivity contribution in [1.82, 2.24) is 0 Å². The van der Waals surface area contributed by atoms with Gasteiger partial charge in [-0.05, 0) is 74.2 Å². The van der Waals surface area contributed by atoms with Gasteiger partial charge in [0.25, 0.3) is 0 Å². The van der Waals surface area contributed by atoms with Gasteiger partial charge in [-0.3, -0.25) is 14.4 Å². The van der Waals surface area contributed by atoms with Crippen LogP contribution in [0.4, 0.5) is 0 Å². The summed E-state index contributed by atoms with van der Waals surface area (Å²) in [6.07, 6.45) is 8.43. The van der Waals surface area contributed by atoms with Crippen LogP contribution in [0.5, 0.6) is 0 Å². The Hall–Kier alpha value is -1.29. The molecule has 0 radical (unpaired) electrons. The largest absolute Gasteiger partial charge is 0.381 e. The van der Waals surface area contributed by atoms with Crippen LogP contribution in [0.25, 0.3) is 0 Å². The van der Waals surface area contributed by atoms with Crippen molar-refractivity contribution in [3.05, 3.63) is 11.6 Å². The zero-order valence-corrected chi connectivity index (χ0v) is 16.1. The molecule has 4 nitrogen and oxygen atoms in total. The first kappa shape index (κ1) is 18.1. The molecule has 0 spiro atoms. The number of hydrogen-bond acceptors (Lipinski definition) is 4. The van der Waals surface area contributed by atoms with E-state index in [1.54, 1.807) is 0 Å². The fourth-order valence-electron chi connectivity index (χ4n) is 7.24. The second-order valence-corrected chi connectivity index (χ2v) is 9.71. The molecule has 0 aromatic carbocycles. The summed E-state index contributed by atoms with van der Waals surface area (Å²) in [7, 11) is 0. The highest BCUT2D eigenvalue weighted by molar-refractivity contribution is 6.39. The van der Waals surface area contributed by atoms with E-state index in [9.17, 15) is 19.5 Å². The van der Waals surface area contributed by atoms with Crippen LogP contribution in [0.1, 0.15) is 72.1 Å². The molecular weight excluding hydrogens is 328 g/mol. The van der Waals surface area contributed by atoms with Crippen LogP contribution < -0.4 is 0 Å². The third kappa shape index (κ3) is 2.14. The van der Waals surface area contributed by atoms with Crippen molar-refractivity contribution < 1.29 is 19.5 Å². The van der Waals surface area contributed by atoms with E-state index in [4.69, 9.17) is 0 Å². The first-order valence-corrected chi connectivity index (χ1v) is 10.1. The van der Waals surface area contributed by atoms with Crippen molar-refractivity contribution in [1.29, 1.82) is 0 Å². The number of carbonyl (C=O) groups is 3. The molecule has 0 amide bonds. The molecule has 4 rings (SSSR count). The molecule has 3 saturated carbocycles. The summed E-state index contributed by atoms with van der Waals surface area (Å²) in [5.41, 5.74) is -0.581. The Morgan fingerprint density at radius 3 is 2.42 bits per heavy atom. The van der Waals surface area contributed by atoms with Crippen LogP contribution in [-0.2, 0) is 14.4 Å². The quantitative estimate of drug-likeness (QED) is 0.768. The molecule has 4 heteroatoms. The van der Waals surface area contributed by atoms with Gasteiger partial charge in [0.1, 0.15) is 5.60 Å². The van der Waals surface area contributed by atoms with Gasteiger partial charge in [0.2, 0.25) is 5.78 Å². The van der Waals surface area contributed by atoms with Crippen LogP contribution in [-0.4, -0.2) is 28.1 Å². The van der Waals surface area contributed by atoms with Crippen molar-refractivity contribution >= 4 is 17.3 Å². The SMILES string of the molecule is CC(=O)C(=O)C1(O)CCC2C3CCC4=CC(=O)CCC4(C)C3CCC21C. The van der Waals surface area contributed by atoms with E-state index in [0.29, 0.717) is 24.7 Å². The Morgan fingerprint density at radius 1 is 1.04 bits per heavy atom. The molecule has 0 aliphatic heterocycles. The number of allylic oxidation sites excluding steroid dienone is 1. The molecule has 26 heavy (non-hydrogen) atoms. The Labute approximate surface area is 155 Å². The van der Waals surface area contributed by atoms with Crippen molar-refractivity contribution in [3.63, 3.8) is 0 Å². The second kappa shape index (κ2) is 5.60. The number of ketones is 3. The third-order valence-corrected chi connectivity index (χ3v) is 8.81. The Kier molecular flexibility index (Phi) is 3.90. The lowest BCUT2D eigenvalue weighted by atomic mass is 9.46. The van der Waals surface area contributed by atoms with Crippen LogP contribution in [0.2, 0.25) is 0 Å². The van der Waals surface area contributed by atoms with Crippen LogP contribution in [0.15, 0.2) is 11.6 Å². The summed E-state index contributed by atoms with van der Waals surface area (Å²) >= 11 is 0. The molecule has 4 aliphatic rings. The first-order valence-electron chi connectivity index (χ1n) is 10.1. The lowest BCUT2D eigenvalue weighted by Crippen LogP contribution is -2.58. The lowest BCUT2D eigenvalue weighted by molar-refractivity contribution is -0.166. The summed E-state index contributed by atoms with van der Waals surface area (Å²) in [4.78, 5) is 36.2. The van der Waals surface area contributed by atoms with Gasteiger partial charge in [0.05, 0.1) is 0 Å². The summed E-state index contributed by atoms with van der Waals surface area (Å²) in [6.45, 7) is 5.65. The molecular formula is C22H30O4. The average Bonchev–Trinajstić information content (AvgIpc) is 2.87. The fraction of sp³-hybridized carbons (Fsp3) is 0.773. The fourth-order valence-corrected chi connectivity index (χ4v) is 7.24. The van der Waals surface area contributed by atoms with E-state index in [0.717, 1.165) is 38.5 Å². The molecule has 0 saturated heterocycles. The zero-order chi connectivity index (χ0) is 18.9. The van der Waals surface area contributed by atoms with E-state index in [1.165, 1.54) is 12.5 Å². The standard InChI is InChI=1S/C22H30O4/c1-13(23)19(25)22(26)11-8-18-16-5-4-14-12-15(24)6-9-20(14,2)17(16)7-10-21(18,22)3/h12,16-18,26H,4-11H2,1-3H3. The zero-order valence-electron chi connectivity index (χ0n) is 16.1. The van der Waals surface area contributed by atoms with Crippen molar-refractivity contribution in [2.75, 3.05) is 0 Å². The summed E-state index contributed by atoms with van der Waals surface area (Å²) in [5, 5.41) is 11.3. The minimum absolute atomic E-state index is 0.0868. The minimum Gasteiger partial charge on any atom is -0.381 e. The summed E-state index contributed by atoms with van der Waals surface area (Å²) < 4.78 is 0. The minimum atomic E-state index is -1.49. The van der Waals surface area contributed by atoms with Crippen LogP contribution >= 0.6 is 0 Å². The molecule has 1 N–H and O–H groups in total. The molecule has 3 fully saturated rings. The van der Waals surface area contributed by atoms with Gasteiger partial charge in [-0.2, -0.15) is 0 Å². The maximum Gasteiger partial charge on any atom is 0.230 e. The van der Waals surface area contributed by atoms with Gasteiger partial charge >= 0.3 is 0 Å². The number of hydrogen-bond donors (Lipinski definition) is 1. The highest BCUT2D eigenvalue weighted by Gasteiger charge is 2.66. The molecule has 6 atom stereocenters. The molecule has 0 aromatic heterocycles. The number of carbonyl (C=O) groups excluding carboxylic acids is 3. The van der Waals surface area contributed by atoms with Crippen molar-refractivity contribution in [2.45, 2.75) is 77.7 Å². The maximum absolute atomic E-state index is 12.6. The molecule has 0 bridgehead atoms. The normalized spacial score (nSPS) is 47.5. The van der Waals surface area contributed by atoms with Gasteiger partial charge in [-0.25, -0.2) is 0 Å². The molecule has 142 valence electrons. The van der Waals surface area contributed by atoms with Gasteiger partial charge < -0.3 is 5.11 Å². The van der Waals surface area contributed by atoms with E-state index in [-0.39, 0.29) is 17.1 Å². The highest BCUT2D eigenvalue weighted by atomic mass is 16.3. The topological polar surface area (TPSA) is 71.4 Å². The Morgan fingerprint density at radius 2 is 1.73 bits per heavy atom. The Balaban J connectivity index is 1.69. The van der Waals surface area contributed by atoms with Crippen molar-refractivity contribution in [3.8, 4) is 0 Å². The predicted molar refractivity (Wildman–Crippen MR) is 97.3 cm³/mol. The molecule has 6 unspecified atom stereocenters. The van der Waals surface area contributed by atoms with E-state index >= 15 is 0 Å². The van der Waals surface area contributed by atoms with Crippen LogP contribution in [0.3, 0.4) is 0 Å². The second-order valence-electron chi connectivity index (χ2n) is 9.71. The number of Topliss-reactive ketones (excluding diaryl/α,β-unsaturated/α-hetero) is 2. The van der Waals surface area contributed by atoms with Gasteiger partial charge in [-0.1, -0.05) is 19.4 Å². The monoisotopic (exact) mass is 358 g/mol. The van der Waals surface area contributed by atoms with Gasteiger partial charge in [0, 0.05) is 18.8 Å². The van der Waals surface area contributed by atoms with Gasteiger partial charge in [0.15, 0.2) is 11.6 Å². The highest BCUT2D eigenvalue weighted by Crippen LogP contribution is 2.67. The first-order chi connectivity index (χ1) is 12.1. The predicted octanol–water partition coefficient (Wildman–Crippen LogP) is 3.41.